The van der Waals surface area contributed by atoms with Crippen molar-refractivity contribution in [3.05, 3.63) is 29.1 Å². The van der Waals surface area contributed by atoms with E-state index < -0.39 is 0 Å². The highest BCUT2D eigenvalue weighted by Crippen LogP contribution is 2.44. The van der Waals surface area contributed by atoms with Gasteiger partial charge in [-0.3, -0.25) is 9.78 Å². The third-order valence-corrected chi connectivity index (χ3v) is 8.58. The van der Waals surface area contributed by atoms with Gasteiger partial charge >= 0.3 is 0 Å². The molecule has 5 rings (SSSR count). The molecule has 4 nitrogen and oxygen atoms in total. The number of likely N-dealkylation sites (tertiary alicyclic amines) is 1. The Kier molecular flexibility index (Phi) is 6.13. The molecular formula is C26H39N3O. The van der Waals surface area contributed by atoms with E-state index in [0.717, 1.165) is 54.7 Å². The lowest BCUT2D eigenvalue weighted by Gasteiger charge is -2.35. The average molecular weight is 410 g/mol. The molecule has 0 unspecified atom stereocenters. The third kappa shape index (κ3) is 4.44. The molecule has 4 heteroatoms. The van der Waals surface area contributed by atoms with Gasteiger partial charge in [0.2, 0.25) is 0 Å². The minimum absolute atomic E-state index is 0.125. The summed E-state index contributed by atoms with van der Waals surface area (Å²) in [6, 6.07) is 4.44. The topological polar surface area (TPSA) is 45.2 Å². The first-order valence-corrected chi connectivity index (χ1v) is 12.7. The Morgan fingerprint density at radius 2 is 1.83 bits per heavy atom. The number of rotatable bonds is 5. The number of hydrogen-bond acceptors (Lipinski definition) is 3. The van der Waals surface area contributed by atoms with Gasteiger partial charge in [0, 0.05) is 24.2 Å². The third-order valence-electron chi connectivity index (χ3n) is 8.58. The number of fused-ring (bicyclic) bond motifs is 2. The minimum Gasteiger partial charge on any atom is -0.349 e. The first kappa shape index (κ1) is 20.5. The summed E-state index contributed by atoms with van der Waals surface area (Å²) in [5.41, 5.74) is 2.94. The van der Waals surface area contributed by atoms with Crippen molar-refractivity contribution < 1.29 is 4.79 Å². The van der Waals surface area contributed by atoms with Crippen LogP contribution in [-0.4, -0.2) is 41.5 Å². The summed E-state index contributed by atoms with van der Waals surface area (Å²) in [6.45, 7) is 5.65. The predicted octanol–water partition coefficient (Wildman–Crippen LogP) is 5.07. The highest BCUT2D eigenvalue weighted by Gasteiger charge is 2.40. The van der Waals surface area contributed by atoms with Gasteiger partial charge in [-0.15, -0.1) is 0 Å². The normalized spacial score (nSPS) is 30.6. The number of amides is 1. The van der Waals surface area contributed by atoms with Crippen LogP contribution >= 0.6 is 0 Å². The summed E-state index contributed by atoms with van der Waals surface area (Å²) >= 11 is 0. The van der Waals surface area contributed by atoms with Crippen molar-refractivity contribution in [2.24, 2.45) is 17.8 Å². The number of nitrogens with zero attached hydrogens (tertiary/aromatic N) is 2. The van der Waals surface area contributed by atoms with Crippen LogP contribution in [0.5, 0.6) is 0 Å². The van der Waals surface area contributed by atoms with Crippen molar-refractivity contribution in [1.29, 1.82) is 0 Å². The van der Waals surface area contributed by atoms with Crippen molar-refractivity contribution in [1.82, 2.24) is 15.2 Å². The molecule has 3 saturated carbocycles. The molecule has 2 bridgehead atoms. The van der Waals surface area contributed by atoms with E-state index in [0.29, 0.717) is 17.9 Å². The van der Waals surface area contributed by atoms with E-state index in [1.165, 1.54) is 64.3 Å². The number of carbonyl (C=O) groups is 1. The first-order valence-electron chi connectivity index (χ1n) is 12.7. The zero-order valence-electron chi connectivity index (χ0n) is 18.7. The summed E-state index contributed by atoms with van der Waals surface area (Å²) in [6.07, 6.45) is 14.6. The fraction of sp³-hybridized carbons (Fsp3) is 0.769. The number of nitrogens with one attached hydrogen (secondary N) is 1. The van der Waals surface area contributed by atoms with E-state index in [4.69, 9.17) is 4.98 Å². The lowest BCUT2D eigenvalue weighted by molar-refractivity contribution is 0.0919. The van der Waals surface area contributed by atoms with E-state index in [-0.39, 0.29) is 5.91 Å². The standard InChI is InChI=1S/C26H39N3O/c1-18-7-10-23(26(30)28-24-16-20-8-9-22(24)15-20)25(27-18)21-11-13-29(14-12-21)17-19-5-3-2-4-6-19/h7,10,19-22,24H,2-6,8-9,11-17H2,1H3,(H,28,30)/t20-,22-,24+/m0/s1. The second-order valence-electron chi connectivity index (χ2n) is 10.7. The van der Waals surface area contributed by atoms with E-state index in [1.54, 1.807) is 0 Å². The van der Waals surface area contributed by atoms with Crippen molar-refractivity contribution in [2.75, 3.05) is 19.6 Å². The molecule has 4 fully saturated rings. The fourth-order valence-electron chi connectivity index (χ4n) is 6.87. The molecule has 2 heterocycles. The molecule has 3 atom stereocenters. The summed E-state index contributed by atoms with van der Waals surface area (Å²) in [4.78, 5) is 20.8. The van der Waals surface area contributed by atoms with Gasteiger partial charge in [0.15, 0.2) is 0 Å². The van der Waals surface area contributed by atoms with Gasteiger partial charge in [0.1, 0.15) is 0 Å². The number of hydrogen-bond donors (Lipinski definition) is 1. The Morgan fingerprint density at radius 1 is 1.03 bits per heavy atom. The van der Waals surface area contributed by atoms with Gasteiger partial charge in [-0.2, -0.15) is 0 Å². The van der Waals surface area contributed by atoms with Crippen molar-refractivity contribution in [3.8, 4) is 0 Å². The van der Waals surface area contributed by atoms with Crippen LogP contribution in [0.2, 0.25) is 0 Å². The van der Waals surface area contributed by atoms with Crippen LogP contribution in [0.15, 0.2) is 12.1 Å². The van der Waals surface area contributed by atoms with Gasteiger partial charge in [0.25, 0.3) is 5.91 Å². The van der Waals surface area contributed by atoms with Gasteiger partial charge in [-0.25, -0.2) is 0 Å². The molecule has 164 valence electrons. The highest BCUT2D eigenvalue weighted by atomic mass is 16.1. The van der Waals surface area contributed by atoms with Crippen LogP contribution in [0.25, 0.3) is 0 Å². The molecule has 1 N–H and O–H groups in total. The fourth-order valence-corrected chi connectivity index (χ4v) is 6.87. The monoisotopic (exact) mass is 409 g/mol. The van der Waals surface area contributed by atoms with Crippen molar-refractivity contribution in [2.45, 2.75) is 89.5 Å². The summed E-state index contributed by atoms with van der Waals surface area (Å²) < 4.78 is 0. The summed E-state index contributed by atoms with van der Waals surface area (Å²) in [7, 11) is 0. The molecule has 3 aliphatic carbocycles. The molecule has 0 radical (unpaired) electrons. The maximum Gasteiger partial charge on any atom is 0.253 e. The van der Waals surface area contributed by atoms with Gasteiger partial charge < -0.3 is 10.2 Å². The molecular weight excluding hydrogens is 370 g/mol. The Bertz CT molecular complexity index is 749. The smallest absolute Gasteiger partial charge is 0.253 e. The molecule has 4 aliphatic rings. The minimum atomic E-state index is 0.125. The van der Waals surface area contributed by atoms with E-state index in [9.17, 15) is 4.79 Å². The zero-order chi connectivity index (χ0) is 20.5. The average Bonchev–Trinajstić information content (AvgIpc) is 3.38. The lowest BCUT2D eigenvalue weighted by atomic mass is 9.86. The van der Waals surface area contributed by atoms with Gasteiger partial charge in [0.05, 0.1) is 11.3 Å². The number of aromatic nitrogens is 1. The SMILES string of the molecule is Cc1ccc(C(=O)N[C@@H]2C[C@H]3CC[C@H]2C3)c(C2CCN(CC3CCCCC3)CC2)n1. The largest absolute Gasteiger partial charge is 0.349 e. The van der Waals surface area contributed by atoms with Crippen LogP contribution in [-0.2, 0) is 0 Å². The maximum atomic E-state index is 13.2. The first-order chi connectivity index (χ1) is 14.7. The van der Waals surface area contributed by atoms with Gasteiger partial charge in [-0.05, 0) is 94.8 Å². The number of carbonyl (C=O) groups excluding carboxylic acids is 1. The maximum absolute atomic E-state index is 13.2. The second kappa shape index (κ2) is 8.98. The Morgan fingerprint density at radius 3 is 2.53 bits per heavy atom. The summed E-state index contributed by atoms with van der Waals surface area (Å²) in [5.74, 6) is 3.02. The quantitative estimate of drug-likeness (QED) is 0.739. The van der Waals surface area contributed by atoms with Crippen molar-refractivity contribution >= 4 is 5.91 Å². The molecule has 0 aromatic carbocycles. The highest BCUT2D eigenvalue weighted by molar-refractivity contribution is 5.95. The van der Waals surface area contributed by atoms with Crippen LogP contribution in [0.3, 0.4) is 0 Å². The number of aryl methyl sites for hydroxylation is 1. The molecule has 0 spiro atoms. The van der Waals surface area contributed by atoms with E-state index in [1.807, 2.05) is 12.1 Å². The number of piperidine rings is 1. The Hall–Kier alpha value is -1.42. The Balaban J connectivity index is 1.22. The van der Waals surface area contributed by atoms with Crippen molar-refractivity contribution in [3.63, 3.8) is 0 Å². The Labute approximate surface area is 182 Å². The molecule has 1 aromatic rings. The van der Waals surface area contributed by atoms with Gasteiger partial charge in [-0.1, -0.05) is 25.7 Å². The second-order valence-corrected chi connectivity index (χ2v) is 10.7. The predicted molar refractivity (Wildman–Crippen MR) is 121 cm³/mol. The van der Waals surface area contributed by atoms with Crippen LogP contribution < -0.4 is 5.32 Å². The van der Waals surface area contributed by atoms with Crippen LogP contribution in [0.4, 0.5) is 0 Å². The molecule has 1 saturated heterocycles. The van der Waals surface area contributed by atoms with Crippen LogP contribution in [0.1, 0.15) is 98.3 Å². The number of pyridine rings is 1. The molecule has 1 aromatic heterocycles. The summed E-state index contributed by atoms with van der Waals surface area (Å²) in [5, 5.41) is 3.40. The molecule has 30 heavy (non-hydrogen) atoms. The van der Waals surface area contributed by atoms with E-state index >= 15 is 0 Å². The zero-order valence-corrected chi connectivity index (χ0v) is 18.7. The van der Waals surface area contributed by atoms with E-state index in [2.05, 4.69) is 17.1 Å². The molecule has 1 aliphatic heterocycles. The molecule has 1 amide bonds. The lowest BCUT2D eigenvalue weighted by Crippen LogP contribution is -2.40. The van der Waals surface area contributed by atoms with Crippen LogP contribution in [0, 0.1) is 24.7 Å².